The van der Waals surface area contributed by atoms with E-state index in [0.717, 1.165) is 11.8 Å². The molecule has 2 rings (SSSR count). The largest absolute Gasteiger partial charge is 0.336 e. The van der Waals surface area contributed by atoms with Crippen LogP contribution < -0.4 is 5.32 Å². The van der Waals surface area contributed by atoms with Gasteiger partial charge in [0.2, 0.25) is 0 Å². The van der Waals surface area contributed by atoms with Crippen LogP contribution in [-0.4, -0.2) is 30.3 Å². The van der Waals surface area contributed by atoms with Crippen molar-refractivity contribution in [2.45, 2.75) is 6.54 Å². The van der Waals surface area contributed by atoms with E-state index < -0.39 is 0 Å². The zero-order chi connectivity index (χ0) is 10.7. The maximum Gasteiger partial charge on any atom is 0.317 e. The van der Waals surface area contributed by atoms with Crippen LogP contribution in [0, 0.1) is 0 Å². The van der Waals surface area contributed by atoms with E-state index in [1.54, 1.807) is 11.0 Å². The SMILES string of the molecule is O=Cc1ccccc1CN1CCNC1=O. The van der Waals surface area contributed by atoms with Crippen LogP contribution in [0.5, 0.6) is 0 Å². The van der Waals surface area contributed by atoms with Gasteiger partial charge in [-0.05, 0) is 5.56 Å². The minimum atomic E-state index is -0.0595. The summed E-state index contributed by atoms with van der Waals surface area (Å²) in [6.07, 6.45) is 0.823. The third-order valence-corrected chi connectivity index (χ3v) is 2.49. The monoisotopic (exact) mass is 204 g/mol. The average Bonchev–Trinajstić information content (AvgIpc) is 2.65. The van der Waals surface area contributed by atoms with Gasteiger partial charge in [-0.1, -0.05) is 24.3 Å². The van der Waals surface area contributed by atoms with Crippen LogP contribution >= 0.6 is 0 Å². The maximum absolute atomic E-state index is 11.3. The first-order chi connectivity index (χ1) is 7.31. The molecule has 0 aromatic heterocycles. The van der Waals surface area contributed by atoms with Gasteiger partial charge in [0.25, 0.3) is 0 Å². The van der Waals surface area contributed by atoms with Crippen molar-refractivity contribution < 1.29 is 9.59 Å². The minimum Gasteiger partial charge on any atom is -0.336 e. The van der Waals surface area contributed by atoms with Crippen LogP contribution in [0.25, 0.3) is 0 Å². The summed E-state index contributed by atoms with van der Waals surface area (Å²) in [6, 6.07) is 7.26. The molecule has 0 spiro atoms. The van der Waals surface area contributed by atoms with Crippen LogP contribution in [-0.2, 0) is 6.54 Å². The second-order valence-electron chi connectivity index (χ2n) is 3.47. The fraction of sp³-hybridized carbons (Fsp3) is 0.273. The quantitative estimate of drug-likeness (QED) is 0.747. The number of hydrogen-bond acceptors (Lipinski definition) is 2. The van der Waals surface area contributed by atoms with Crippen molar-refractivity contribution in [3.05, 3.63) is 35.4 Å². The second kappa shape index (κ2) is 4.13. The summed E-state index contributed by atoms with van der Waals surface area (Å²) in [7, 11) is 0. The van der Waals surface area contributed by atoms with Gasteiger partial charge in [-0.3, -0.25) is 4.79 Å². The highest BCUT2D eigenvalue weighted by Crippen LogP contribution is 2.11. The number of rotatable bonds is 3. The highest BCUT2D eigenvalue weighted by atomic mass is 16.2. The second-order valence-corrected chi connectivity index (χ2v) is 3.47. The Morgan fingerprint density at radius 2 is 2.20 bits per heavy atom. The fourth-order valence-corrected chi connectivity index (χ4v) is 1.66. The van der Waals surface area contributed by atoms with E-state index in [9.17, 15) is 9.59 Å². The maximum atomic E-state index is 11.3. The van der Waals surface area contributed by atoms with Gasteiger partial charge in [0.1, 0.15) is 6.29 Å². The molecule has 1 saturated heterocycles. The molecular formula is C11H12N2O2. The molecule has 0 atom stereocenters. The number of nitrogens with one attached hydrogen (secondary N) is 1. The highest BCUT2D eigenvalue weighted by molar-refractivity contribution is 5.79. The lowest BCUT2D eigenvalue weighted by Gasteiger charge is -2.14. The van der Waals surface area contributed by atoms with Crippen LogP contribution in [0.15, 0.2) is 24.3 Å². The number of benzene rings is 1. The summed E-state index contributed by atoms with van der Waals surface area (Å²) < 4.78 is 0. The summed E-state index contributed by atoms with van der Waals surface area (Å²) in [5, 5.41) is 2.73. The Balaban J connectivity index is 2.16. The van der Waals surface area contributed by atoms with E-state index >= 15 is 0 Å². The third kappa shape index (κ3) is 1.98. The molecule has 1 heterocycles. The molecule has 0 saturated carbocycles. The van der Waals surface area contributed by atoms with E-state index in [2.05, 4.69) is 5.32 Å². The van der Waals surface area contributed by atoms with Crippen molar-refractivity contribution in [3.8, 4) is 0 Å². The summed E-state index contributed by atoms with van der Waals surface area (Å²) in [5.74, 6) is 0. The standard InChI is InChI=1S/C11H12N2O2/c14-8-10-4-2-1-3-9(10)7-13-6-5-12-11(13)15/h1-4,8H,5-7H2,(H,12,15). The molecule has 4 nitrogen and oxygen atoms in total. The van der Waals surface area contributed by atoms with Gasteiger partial charge in [0, 0.05) is 25.2 Å². The zero-order valence-corrected chi connectivity index (χ0v) is 8.27. The van der Waals surface area contributed by atoms with E-state index in [0.29, 0.717) is 25.2 Å². The number of carbonyl (C=O) groups excluding carboxylic acids is 2. The summed E-state index contributed by atoms with van der Waals surface area (Å²) >= 11 is 0. The molecule has 0 aliphatic carbocycles. The molecule has 0 unspecified atom stereocenters. The molecule has 1 N–H and O–H groups in total. The first-order valence-electron chi connectivity index (χ1n) is 4.87. The first-order valence-corrected chi connectivity index (χ1v) is 4.87. The van der Waals surface area contributed by atoms with Gasteiger partial charge in [-0.25, -0.2) is 4.79 Å². The molecule has 1 aromatic rings. The minimum absolute atomic E-state index is 0.0595. The molecule has 1 fully saturated rings. The molecule has 4 heteroatoms. The predicted octanol–water partition coefficient (Wildman–Crippen LogP) is 1.02. The lowest BCUT2D eigenvalue weighted by Crippen LogP contribution is -2.27. The van der Waals surface area contributed by atoms with Crippen molar-refractivity contribution in [2.75, 3.05) is 13.1 Å². The lowest BCUT2D eigenvalue weighted by atomic mass is 10.1. The molecule has 0 radical (unpaired) electrons. The summed E-state index contributed by atoms with van der Waals surface area (Å²) in [4.78, 5) is 23.8. The van der Waals surface area contributed by atoms with Crippen molar-refractivity contribution in [1.29, 1.82) is 0 Å². The Morgan fingerprint density at radius 1 is 1.40 bits per heavy atom. The topological polar surface area (TPSA) is 49.4 Å². The Morgan fingerprint density at radius 3 is 2.87 bits per heavy atom. The predicted molar refractivity (Wildman–Crippen MR) is 55.6 cm³/mol. The Bertz CT molecular complexity index is 390. The number of urea groups is 1. The smallest absolute Gasteiger partial charge is 0.317 e. The van der Waals surface area contributed by atoms with E-state index in [4.69, 9.17) is 0 Å². The first kappa shape index (κ1) is 9.71. The number of carbonyl (C=O) groups is 2. The summed E-state index contributed by atoms with van der Waals surface area (Å²) in [5.41, 5.74) is 1.54. The van der Waals surface area contributed by atoms with Crippen LogP contribution in [0.3, 0.4) is 0 Å². The van der Waals surface area contributed by atoms with Crippen molar-refractivity contribution in [1.82, 2.24) is 10.2 Å². The molecule has 2 amide bonds. The van der Waals surface area contributed by atoms with Gasteiger partial charge in [0.15, 0.2) is 0 Å². The molecule has 0 bridgehead atoms. The number of hydrogen-bond donors (Lipinski definition) is 1. The zero-order valence-electron chi connectivity index (χ0n) is 8.27. The van der Waals surface area contributed by atoms with Gasteiger partial charge < -0.3 is 10.2 Å². The normalized spacial score (nSPS) is 15.2. The number of nitrogens with zero attached hydrogens (tertiary/aromatic N) is 1. The fourth-order valence-electron chi connectivity index (χ4n) is 1.66. The molecule has 1 aliphatic rings. The van der Waals surface area contributed by atoms with Gasteiger partial charge in [0.05, 0.1) is 0 Å². The summed E-state index contributed by atoms with van der Waals surface area (Å²) in [6.45, 7) is 1.88. The highest BCUT2D eigenvalue weighted by Gasteiger charge is 2.19. The van der Waals surface area contributed by atoms with Gasteiger partial charge >= 0.3 is 6.03 Å². The third-order valence-electron chi connectivity index (χ3n) is 2.49. The van der Waals surface area contributed by atoms with Gasteiger partial charge in [-0.2, -0.15) is 0 Å². The van der Waals surface area contributed by atoms with Crippen molar-refractivity contribution in [3.63, 3.8) is 0 Å². The molecule has 1 aliphatic heterocycles. The van der Waals surface area contributed by atoms with E-state index in [1.165, 1.54) is 0 Å². The molecule has 15 heavy (non-hydrogen) atoms. The van der Waals surface area contributed by atoms with Crippen molar-refractivity contribution >= 4 is 12.3 Å². The number of amides is 2. The van der Waals surface area contributed by atoms with Crippen molar-refractivity contribution in [2.24, 2.45) is 0 Å². The molecular weight excluding hydrogens is 192 g/mol. The Labute approximate surface area is 87.9 Å². The van der Waals surface area contributed by atoms with Crippen LogP contribution in [0.1, 0.15) is 15.9 Å². The van der Waals surface area contributed by atoms with Crippen LogP contribution in [0.4, 0.5) is 4.79 Å². The van der Waals surface area contributed by atoms with E-state index in [1.807, 2.05) is 18.2 Å². The Hall–Kier alpha value is -1.84. The van der Waals surface area contributed by atoms with Gasteiger partial charge in [-0.15, -0.1) is 0 Å². The number of aldehydes is 1. The Kier molecular flexibility index (Phi) is 2.67. The average molecular weight is 204 g/mol. The molecule has 1 aromatic carbocycles. The lowest BCUT2D eigenvalue weighted by molar-refractivity contribution is 0.112. The van der Waals surface area contributed by atoms with Crippen LogP contribution in [0.2, 0.25) is 0 Å². The molecule has 78 valence electrons. The van der Waals surface area contributed by atoms with E-state index in [-0.39, 0.29) is 6.03 Å².